The van der Waals surface area contributed by atoms with Crippen LogP contribution in [0.2, 0.25) is 0 Å². The molecule has 0 N–H and O–H groups in total. The van der Waals surface area contributed by atoms with Gasteiger partial charge in [-0.2, -0.15) is 0 Å². The Balaban J connectivity index is 1.09. The van der Waals surface area contributed by atoms with Gasteiger partial charge in [-0.25, -0.2) is 33.3 Å². The second-order valence-electron chi connectivity index (χ2n) is 8.95. The summed E-state index contributed by atoms with van der Waals surface area (Å²) in [6.07, 6.45) is 7.09. The van der Waals surface area contributed by atoms with Crippen molar-refractivity contribution >= 4 is 64.6 Å². The molecule has 12 heteroatoms. The highest BCUT2D eigenvalue weighted by atomic mass is 32.2. The van der Waals surface area contributed by atoms with Gasteiger partial charge in [0, 0.05) is 56.6 Å². The van der Waals surface area contributed by atoms with Gasteiger partial charge in [0.05, 0.1) is 20.1 Å². The third-order valence-electron chi connectivity index (χ3n) is 6.52. The highest BCUT2D eigenvalue weighted by molar-refractivity contribution is 7.90. The van der Waals surface area contributed by atoms with Gasteiger partial charge in [-0.15, -0.1) is 11.3 Å². The quantitative estimate of drug-likeness (QED) is 0.285. The van der Waals surface area contributed by atoms with Crippen LogP contribution in [0.5, 0.6) is 0 Å². The molecule has 0 saturated carbocycles. The second-order valence-corrected chi connectivity index (χ2v) is 12.4. The molecule has 9 nitrogen and oxygen atoms in total. The van der Waals surface area contributed by atoms with Crippen molar-refractivity contribution in [3.8, 4) is 0 Å². The number of hydrogen-bond acceptors (Lipinski definition) is 10. The Kier molecular flexibility index (Phi) is 6.68. The lowest BCUT2D eigenvalue weighted by Crippen LogP contribution is -2.49. The molecule has 38 heavy (non-hydrogen) atoms. The molecule has 0 bridgehead atoms. The number of nitrogens with zero attached hydrogens (tertiary/aromatic N) is 7. The van der Waals surface area contributed by atoms with Crippen molar-refractivity contribution in [2.45, 2.75) is 17.1 Å². The summed E-state index contributed by atoms with van der Waals surface area (Å²) in [7, 11) is -3.52. The number of aromatic nitrogens is 5. The Labute approximate surface area is 229 Å². The summed E-state index contributed by atoms with van der Waals surface area (Å²) < 4.78 is 26.5. The molecule has 1 aliphatic rings. The maximum absolute atomic E-state index is 12.7. The summed E-state index contributed by atoms with van der Waals surface area (Å²) >= 11 is 7.39. The van der Waals surface area contributed by atoms with E-state index in [9.17, 15) is 8.42 Å². The maximum Gasteiger partial charge on any atom is 0.185 e. The first kappa shape index (κ1) is 24.7. The topological polar surface area (TPSA) is 105 Å². The highest BCUT2D eigenvalue weighted by Crippen LogP contribution is 2.36. The normalized spacial score (nSPS) is 14.3. The fourth-order valence-electron chi connectivity index (χ4n) is 4.55. The molecule has 0 spiro atoms. The van der Waals surface area contributed by atoms with Crippen molar-refractivity contribution in [2.75, 3.05) is 31.1 Å². The lowest BCUT2D eigenvalue weighted by atomic mass is 10.1. The Bertz CT molecular complexity index is 1720. The van der Waals surface area contributed by atoms with Gasteiger partial charge >= 0.3 is 0 Å². The molecule has 4 aromatic heterocycles. The summed E-state index contributed by atoms with van der Waals surface area (Å²) in [5.74, 6) is 0.997. The van der Waals surface area contributed by atoms with Gasteiger partial charge in [-0.1, -0.05) is 24.4 Å². The van der Waals surface area contributed by atoms with E-state index >= 15 is 0 Å². The molecule has 1 saturated heterocycles. The van der Waals surface area contributed by atoms with Crippen molar-refractivity contribution in [1.82, 2.24) is 29.8 Å². The molecule has 0 unspecified atom stereocenters. The molecule has 6 rings (SSSR count). The van der Waals surface area contributed by atoms with Crippen LogP contribution in [-0.2, 0) is 22.0 Å². The van der Waals surface area contributed by atoms with Gasteiger partial charge < -0.3 is 9.80 Å². The number of sulfone groups is 1. The Morgan fingerprint density at radius 2 is 1.63 bits per heavy atom. The van der Waals surface area contributed by atoms with Crippen molar-refractivity contribution in [1.29, 1.82) is 0 Å². The molecule has 1 aromatic carbocycles. The minimum atomic E-state index is -3.52. The van der Waals surface area contributed by atoms with Crippen LogP contribution in [0, 0.1) is 0 Å². The third-order valence-corrected chi connectivity index (χ3v) is 9.65. The van der Waals surface area contributed by atoms with Gasteiger partial charge in [0.15, 0.2) is 9.84 Å². The van der Waals surface area contributed by atoms with Crippen molar-refractivity contribution in [3.63, 3.8) is 0 Å². The standard InChI is InChI=1S/C26H23N7O2S3/c34-38(35,16-21-27-9-2-10-28-21)19-6-4-18(5-7-19)15-22(36)32-11-13-33(14-12-32)25-24-23(30-17-31-25)20-3-1-8-29-26(20)37-24/h1-10,17H,11-16H2. The molecule has 192 valence electrons. The van der Waals surface area contributed by atoms with Crippen molar-refractivity contribution in [2.24, 2.45) is 0 Å². The monoisotopic (exact) mass is 561 g/mol. The highest BCUT2D eigenvalue weighted by Gasteiger charge is 2.23. The predicted octanol–water partition coefficient (Wildman–Crippen LogP) is 3.70. The van der Waals surface area contributed by atoms with Crippen LogP contribution in [-0.4, -0.2) is 69.4 Å². The Morgan fingerprint density at radius 3 is 2.39 bits per heavy atom. The van der Waals surface area contributed by atoms with Crippen molar-refractivity contribution in [3.05, 3.63) is 78.8 Å². The summed E-state index contributed by atoms with van der Waals surface area (Å²) in [5.41, 5.74) is 1.92. The van der Waals surface area contributed by atoms with E-state index in [1.54, 1.807) is 42.1 Å². The Hall–Kier alpha value is -3.61. The van der Waals surface area contributed by atoms with Gasteiger partial charge in [0.1, 0.15) is 28.6 Å². The van der Waals surface area contributed by atoms with Crippen LogP contribution < -0.4 is 4.90 Å². The molecule has 1 aliphatic heterocycles. The van der Waals surface area contributed by atoms with Crippen molar-refractivity contribution < 1.29 is 8.42 Å². The van der Waals surface area contributed by atoms with Crippen LogP contribution in [0.3, 0.4) is 0 Å². The maximum atomic E-state index is 12.7. The molecule has 0 aliphatic carbocycles. The molecular formula is C26H23N7O2S3. The SMILES string of the molecule is O=S(=O)(Cc1ncccn1)c1ccc(CC(=S)N2CCN(c3ncnc4c3sc3ncccc34)CC2)cc1. The van der Waals surface area contributed by atoms with E-state index in [2.05, 4.69) is 34.7 Å². The van der Waals surface area contributed by atoms with E-state index in [1.807, 2.05) is 24.3 Å². The average molecular weight is 562 g/mol. The summed E-state index contributed by atoms with van der Waals surface area (Å²) in [6, 6.07) is 12.6. The number of fused-ring (bicyclic) bond motifs is 3. The number of pyridine rings is 1. The number of hydrogen-bond donors (Lipinski definition) is 0. The first-order chi connectivity index (χ1) is 18.5. The smallest absolute Gasteiger partial charge is 0.185 e. The third kappa shape index (κ3) is 4.94. The van der Waals surface area contributed by atoms with Crippen LogP contribution in [0.15, 0.2) is 72.3 Å². The number of anilines is 1. The molecule has 5 aromatic rings. The van der Waals surface area contributed by atoms with Gasteiger partial charge in [-0.3, -0.25) is 0 Å². The minimum Gasteiger partial charge on any atom is -0.362 e. The van der Waals surface area contributed by atoms with Crippen LogP contribution in [0.25, 0.3) is 20.4 Å². The summed E-state index contributed by atoms with van der Waals surface area (Å²) in [6.45, 7) is 3.17. The first-order valence-electron chi connectivity index (χ1n) is 12.1. The molecule has 0 radical (unpaired) electrons. The van der Waals surface area contributed by atoms with E-state index < -0.39 is 9.84 Å². The summed E-state index contributed by atoms with van der Waals surface area (Å²) in [4.78, 5) is 28.2. The lowest BCUT2D eigenvalue weighted by molar-refractivity contribution is 0.386. The van der Waals surface area contributed by atoms with Gasteiger partial charge in [0.25, 0.3) is 0 Å². The van der Waals surface area contributed by atoms with Gasteiger partial charge in [-0.05, 0) is 35.9 Å². The lowest BCUT2D eigenvalue weighted by Gasteiger charge is -2.37. The Morgan fingerprint density at radius 1 is 0.895 bits per heavy atom. The van der Waals surface area contributed by atoms with E-state index in [1.165, 1.54) is 12.4 Å². The zero-order valence-electron chi connectivity index (χ0n) is 20.3. The number of piperazine rings is 1. The zero-order chi connectivity index (χ0) is 26.1. The largest absolute Gasteiger partial charge is 0.362 e. The number of thiocarbonyl (C=S) groups is 1. The number of benzene rings is 1. The predicted molar refractivity (Wildman–Crippen MR) is 152 cm³/mol. The minimum absolute atomic E-state index is 0.230. The van der Waals surface area contributed by atoms with E-state index in [4.69, 9.17) is 12.2 Å². The van der Waals surface area contributed by atoms with Crippen LogP contribution in [0.4, 0.5) is 5.82 Å². The molecular weight excluding hydrogens is 539 g/mol. The summed E-state index contributed by atoms with van der Waals surface area (Å²) in [5, 5.41) is 1.06. The molecule has 1 fully saturated rings. The molecule has 0 amide bonds. The molecule has 0 atom stereocenters. The number of thiophene rings is 1. The fourth-order valence-corrected chi connectivity index (χ4v) is 7.22. The second kappa shape index (κ2) is 10.3. The van der Waals surface area contributed by atoms with E-state index in [-0.39, 0.29) is 16.5 Å². The molecule has 5 heterocycles. The first-order valence-corrected chi connectivity index (χ1v) is 14.9. The average Bonchev–Trinajstić information content (AvgIpc) is 3.33. The van der Waals surface area contributed by atoms with E-state index in [0.717, 1.165) is 63.0 Å². The van der Waals surface area contributed by atoms with Gasteiger partial charge in [0.2, 0.25) is 0 Å². The number of rotatable bonds is 6. The van der Waals surface area contributed by atoms with Crippen LogP contribution >= 0.6 is 23.6 Å². The fraction of sp³-hybridized carbons (Fsp3) is 0.231. The van der Waals surface area contributed by atoms with E-state index in [0.29, 0.717) is 6.42 Å². The zero-order valence-corrected chi connectivity index (χ0v) is 22.7. The van der Waals surface area contributed by atoms with Crippen LogP contribution in [0.1, 0.15) is 11.4 Å².